The first-order chi connectivity index (χ1) is 7.61. The van der Waals surface area contributed by atoms with E-state index >= 15 is 0 Å². The van der Waals surface area contributed by atoms with E-state index in [0.29, 0.717) is 18.9 Å². The summed E-state index contributed by atoms with van der Waals surface area (Å²) in [6, 6.07) is 1.36. The molecule has 88 valence electrons. The minimum absolute atomic E-state index is 0.0291. The average Bonchev–Trinajstić information content (AvgIpc) is 2.26. The smallest absolute Gasteiger partial charge is 0.337 e. The molecular weight excluding hydrogens is 210 g/mol. The molecule has 16 heavy (non-hydrogen) atoms. The van der Waals surface area contributed by atoms with E-state index in [1.165, 1.54) is 12.3 Å². The molecule has 0 saturated heterocycles. The van der Waals surface area contributed by atoms with Gasteiger partial charge in [0.15, 0.2) is 5.82 Å². The van der Waals surface area contributed by atoms with Crippen LogP contribution in [-0.4, -0.2) is 40.9 Å². The van der Waals surface area contributed by atoms with Crippen LogP contribution >= 0.6 is 0 Å². The highest BCUT2D eigenvalue weighted by molar-refractivity contribution is 5.96. The molecule has 6 nitrogen and oxygen atoms in total. The van der Waals surface area contributed by atoms with E-state index in [-0.39, 0.29) is 17.9 Å². The fourth-order valence-corrected chi connectivity index (χ4v) is 1.44. The fourth-order valence-electron chi connectivity index (χ4n) is 1.44. The second-order valence-corrected chi connectivity index (χ2v) is 3.20. The van der Waals surface area contributed by atoms with Crippen molar-refractivity contribution in [2.75, 3.05) is 30.3 Å². The molecule has 0 fully saturated rings. The van der Waals surface area contributed by atoms with Gasteiger partial charge in [0, 0.05) is 19.3 Å². The van der Waals surface area contributed by atoms with Gasteiger partial charge in [-0.1, -0.05) is 0 Å². The molecule has 0 aromatic carbocycles. The highest BCUT2D eigenvalue weighted by Crippen LogP contribution is 2.23. The molecular formula is C10H15N3O3. The second kappa shape index (κ2) is 5.32. The van der Waals surface area contributed by atoms with Crippen LogP contribution in [0.2, 0.25) is 0 Å². The number of hydrogen-bond donors (Lipinski definition) is 3. The van der Waals surface area contributed by atoms with Crippen molar-refractivity contribution in [1.82, 2.24) is 4.98 Å². The summed E-state index contributed by atoms with van der Waals surface area (Å²) in [4.78, 5) is 16.6. The second-order valence-electron chi connectivity index (χ2n) is 3.20. The first-order valence-electron chi connectivity index (χ1n) is 4.95. The maximum Gasteiger partial charge on any atom is 0.337 e. The number of nitrogens with zero attached hydrogens (tertiary/aromatic N) is 2. The normalized spacial score (nSPS) is 10.1. The Morgan fingerprint density at radius 3 is 2.81 bits per heavy atom. The number of aliphatic hydroxyl groups is 1. The lowest BCUT2D eigenvalue weighted by Crippen LogP contribution is -2.28. The highest BCUT2D eigenvalue weighted by atomic mass is 16.4. The molecule has 1 heterocycles. The molecule has 1 aromatic rings. The van der Waals surface area contributed by atoms with Crippen LogP contribution < -0.4 is 10.6 Å². The first kappa shape index (κ1) is 12.3. The number of carboxylic acids is 1. The maximum absolute atomic E-state index is 10.9. The summed E-state index contributed by atoms with van der Waals surface area (Å²) in [6.07, 6.45) is 1.40. The fraction of sp³-hybridized carbons (Fsp3) is 0.400. The van der Waals surface area contributed by atoms with Gasteiger partial charge in [-0.25, -0.2) is 9.78 Å². The van der Waals surface area contributed by atoms with E-state index in [0.717, 1.165) is 0 Å². The molecule has 0 aliphatic heterocycles. The van der Waals surface area contributed by atoms with Crippen molar-refractivity contribution in [2.24, 2.45) is 0 Å². The predicted octanol–water partition coefficient (Wildman–Crippen LogP) is 0.181. The van der Waals surface area contributed by atoms with Gasteiger partial charge >= 0.3 is 5.97 Å². The highest BCUT2D eigenvalue weighted by Gasteiger charge is 2.15. The number of aliphatic hydroxyl groups excluding tert-OH is 1. The largest absolute Gasteiger partial charge is 0.478 e. The first-order valence-corrected chi connectivity index (χ1v) is 4.95. The topological polar surface area (TPSA) is 99.7 Å². The van der Waals surface area contributed by atoms with Gasteiger partial charge < -0.3 is 20.8 Å². The Balaban J connectivity index is 3.12. The van der Waals surface area contributed by atoms with E-state index in [1.807, 2.05) is 6.92 Å². The molecule has 0 saturated carbocycles. The van der Waals surface area contributed by atoms with Crippen molar-refractivity contribution < 1.29 is 15.0 Å². The van der Waals surface area contributed by atoms with E-state index in [4.69, 9.17) is 15.9 Å². The van der Waals surface area contributed by atoms with Crippen LogP contribution in [0.15, 0.2) is 12.3 Å². The van der Waals surface area contributed by atoms with E-state index in [9.17, 15) is 4.79 Å². The van der Waals surface area contributed by atoms with Gasteiger partial charge in [-0.15, -0.1) is 0 Å². The van der Waals surface area contributed by atoms with Crippen LogP contribution in [0.25, 0.3) is 0 Å². The summed E-state index contributed by atoms with van der Waals surface area (Å²) >= 11 is 0. The van der Waals surface area contributed by atoms with Gasteiger partial charge in [-0.3, -0.25) is 0 Å². The number of carbonyl (C=O) groups is 1. The van der Waals surface area contributed by atoms with Crippen molar-refractivity contribution >= 4 is 17.5 Å². The summed E-state index contributed by atoms with van der Waals surface area (Å²) in [5, 5.41) is 17.8. The molecule has 0 atom stereocenters. The molecule has 6 heteroatoms. The number of hydrogen-bond acceptors (Lipinski definition) is 5. The Bertz CT molecular complexity index is 382. The molecule has 4 N–H and O–H groups in total. The number of aromatic carboxylic acids is 1. The Morgan fingerprint density at radius 2 is 2.31 bits per heavy atom. The SMILES string of the molecule is CCN(CCO)c1nccc(C(=O)O)c1N. The summed E-state index contributed by atoms with van der Waals surface area (Å²) in [6.45, 7) is 2.81. The summed E-state index contributed by atoms with van der Waals surface area (Å²) in [7, 11) is 0. The number of anilines is 2. The summed E-state index contributed by atoms with van der Waals surface area (Å²) < 4.78 is 0. The van der Waals surface area contributed by atoms with Crippen LogP contribution in [0.5, 0.6) is 0 Å². The average molecular weight is 225 g/mol. The Labute approximate surface area is 93.3 Å². The van der Waals surface area contributed by atoms with Crippen LogP contribution in [0.1, 0.15) is 17.3 Å². The quantitative estimate of drug-likeness (QED) is 0.661. The van der Waals surface area contributed by atoms with Crippen molar-refractivity contribution in [3.63, 3.8) is 0 Å². The molecule has 0 aliphatic carbocycles. The Kier molecular flexibility index (Phi) is 4.07. The zero-order valence-electron chi connectivity index (χ0n) is 9.05. The van der Waals surface area contributed by atoms with E-state index in [1.54, 1.807) is 4.90 Å². The maximum atomic E-state index is 10.9. The van der Waals surface area contributed by atoms with Crippen molar-refractivity contribution in [3.8, 4) is 0 Å². The van der Waals surface area contributed by atoms with Gasteiger partial charge in [0.05, 0.1) is 17.9 Å². The number of carboxylic acid groups (broad SMARTS) is 1. The van der Waals surface area contributed by atoms with Gasteiger partial charge in [-0.05, 0) is 13.0 Å². The molecule has 0 spiro atoms. The molecule has 1 rings (SSSR count). The molecule has 0 unspecified atom stereocenters. The van der Waals surface area contributed by atoms with Crippen molar-refractivity contribution in [2.45, 2.75) is 6.92 Å². The summed E-state index contributed by atoms with van der Waals surface area (Å²) in [5.74, 6) is -0.683. The van der Waals surface area contributed by atoms with Crippen LogP contribution in [0.4, 0.5) is 11.5 Å². The number of rotatable bonds is 5. The minimum Gasteiger partial charge on any atom is -0.478 e. The zero-order valence-corrected chi connectivity index (χ0v) is 9.05. The Hall–Kier alpha value is -1.82. The number of pyridine rings is 1. The number of nitrogens with two attached hydrogens (primary N) is 1. The van der Waals surface area contributed by atoms with Gasteiger partial charge in [0.2, 0.25) is 0 Å². The van der Waals surface area contributed by atoms with Gasteiger partial charge in [-0.2, -0.15) is 0 Å². The zero-order chi connectivity index (χ0) is 12.1. The lowest BCUT2D eigenvalue weighted by molar-refractivity contribution is 0.0698. The molecule has 0 amide bonds. The number of likely N-dealkylation sites (N-methyl/N-ethyl adjacent to an activating group) is 1. The van der Waals surface area contributed by atoms with E-state index < -0.39 is 5.97 Å². The minimum atomic E-state index is -1.08. The number of aromatic nitrogens is 1. The van der Waals surface area contributed by atoms with Crippen molar-refractivity contribution in [1.29, 1.82) is 0 Å². The lowest BCUT2D eigenvalue weighted by atomic mass is 10.2. The van der Waals surface area contributed by atoms with Crippen LogP contribution in [0, 0.1) is 0 Å². The van der Waals surface area contributed by atoms with E-state index in [2.05, 4.69) is 4.98 Å². The predicted molar refractivity (Wildman–Crippen MR) is 60.6 cm³/mol. The lowest BCUT2D eigenvalue weighted by Gasteiger charge is -2.22. The van der Waals surface area contributed by atoms with Gasteiger partial charge in [0.25, 0.3) is 0 Å². The third-order valence-electron chi connectivity index (χ3n) is 2.25. The third kappa shape index (κ3) is 2.40. The molecule has 1 aromatic heterocycles. The molecule has 0 radical (unpaired) electrons. The number of nitrogen functional groups attached to an aromatic ring is 1. The molecule has 0 bridgehead atoms. The van der Waals surface area contributed by atoms with Gasteiger partial charge in [0.1, 0.15) is 0 Å². The Morgan fingerprint density at radius 1 is 1.62 bits per heavy atom. The summed E-state index contributed by atoms with van der Waals surface area (Å²) in [5.41, 5.74) is 5.88. The van der Waals surface area contributed by atoms with Crippen molar-refractivity contribution in [3.05, 3.63) is 17.8 Å². The molecule has 0 aliphatic rings. The monoisotopic (exact) mass is 225 g/mol. The van der Waals surface area contributed by atoms with Crippen LogP contribution in [-0.2, 0) is 0 Å². The third-order valence-corrected chi connectivity index (χ3v) is 2.25. The standard InChI is InChI=1S/C10H15N3O3/c1-2-13(5-6-14)9-8(11)7(10(15)16)3-4-12-9/h3-4,14H,2,5-6,11H2,1H3,(H,15,16). The van der Waals surface area contributed by atoms with Crippen LogP contribution in [0.3, 0.4) is 0 Å².